The van der Waals surface area contributed by atoms with Crippen molar-refractivity contribution in [3.05, 3.63) is 163 Å². The zero-order valence-corrected chi connectivity index (χ0v) is 54.8. The van der Waals surface area contributed by atoms with Gasteiger partial charge in [0.25, 0.3) is 17.7 Å². The lowest BCUT2D eigenvalue weighted by Gasteiger charge is -2.24. The first-order valence-electron chi connectivity index (χ1n) is 31.2. The van der Waals surface area contributed by atoms with Crippen LogP contribution in [-0.2, 0) is 77.8 Å². The predicted octanol–water partition coefficient (Wildman–Crippen LogP) is 5.06. The number of rotatable bonds is 9. The van der Waals surface area contributed by atoms with Gasteiger partial charge in [0.05, 0.1) is 52.1 Å². The van der Waals surface area contributed by atoms with Gasteiger partial charge < -0.3 is 45.3 Å². The Balaban J connectivity index is 0.000000154. The van der Waals surface area contributed by atoms with Crippen LogP contribution in [0.25, 0.3) is 0 Å². The standard InChI is InChI=1S/2C12H16N2O.3C11H15N3O.C10H14N4O/c1-3-12(15)9-6-10-8-14(2)5-4-11(10)13-7-9;1-3-12(15)10-5-4-9-6-7-14(2)8-11(9)13-10;1-12-11(15)9-5-8-3-4-14(2)7-10(8)13-6-9;1-12-11(15)10-4-3-8-7-14(2)6-5-9(8)13-10;1-3-11(15)9-6-12-8-4-5-14(2)7-10(8)13-9;1-11-10(15)8-5-12-9-6-14(2)4-3-7(9)13-8/h6-7H,3-5,8H2,1-2H3;4-5H,3,6-8H2,1-2H3;5-6H,3-4,7H2,1-2H3,(H,12,15);3-4H,5-7H2,1-2H3,(H,12,15);6H,3-5,7H2,1-2H3;5H,3-4,6H2,1-2H3,(H,11,15). The van der Waals surface area contributed by atoms with E-state index in [1.54, 1.807) is 45.8 Å². The van der Waals surface area contributed by atoms with Crippen LogP contribution in [0.3, 0.4) is 0 Å². The van der Waals surface area contributed by atoms with Crippen molar-refractivity contribution in [2.75, 3.05) is 103 Å². The van der Waals surface area contributed by atoms with Crippen molar-refractivity contribution in [2.24, 2.45) is 0 Å². The van der Waals surface area contributed by atoms with Crippen LogP contribution >= 0.6 is 0 Å². The number of likely N-dealkylation sites (N-methyl/N-ethyl adjacent to an activating group) is 6. The van der Waals surface area contributed by atoms with E-state index in [9.17, 15) is 28.8 Å². The van der Waals surface area contributed by atoms with Crippen molar-refractivity contribution < 1.29 is 28.8 Å². The summed E-state index contributed by atoms with van der Waals surface area (Å²) >= 11 is 0. The zero-order valence-electron chi connectivity index (χ0n) is 54.8. The predicted molar refractivity (Wildman–Crippen MR) is 345 cm³/mol. The Bertz CT molecular complexity index is 3150. The van der Waals surface area contributed by atoms with Crippen LogP contribution in [0.5, 0.6) is 0 Å². The van der Waals surface area contributed by atoms with Gasteiger partial charge in [-0.25, -0.2) is 19.9 Å². The van der Waals surface area contributed by atoms with Crippen molar-refractivity contribution in [3.63, 3.8) is 0 Å². The van der Waals surface area contributed by atoms with Crippen LogP contribution in [0.15, 0.2) is 61.2 Å². The highest BCUT2D eigenvalue weighted by Crippen LogP contribution is 2.22. The van der Waals surface area contributed by atoms with Gasteiger partial charge >= 0.3 is 0 Å². The van der Waals surface area contributed by atoms with Gasteiger partial charge in [0.15, 0.2) is 17.3 Å². The van der Waals surface area contributed by atoms with E-state index < -0.39 is 0 Å². The van der Waals surface area contributed by atoms with Crippen molar-refractivity contribution in [1.29, 1.82) is 0 Å². The van der Waals surface area contributed by atoms with E-state index in [2.05, 4.69) is 134 Å². The van der Waals surface area contributed by atoms with Gasteiger partial charge in [-0.05, 0) is 102 Å². The van der Waals surface area contributed by atoms with Gasteiger partial charge in [-0.1, -0.05) is 32.9 Å². The normalized spacial score (nSPS) is 16.0. The molecule has 3 N–H and O–H groups in total. The minimum absolute atomic E-state index is 0.0655. The lowest BCUT2D eigenvalue weighted by Crippen LogP contribution is -2.29. The molecule has 0 atom stereocenters. The van der Waals surface area contributed by atoms with Gasteiger partial charge in [0.1, 0.15) is 22.8 Å². The van der Waals surface area contributed by atoms with E-state index >= 15 is 0 Å². The molecule has 480 valence electrons. The summed E-state index contributed by atoms with van der Waals surface area (Å²) < 4.78 is 0. The minimum atomic E-state index is -0.177. The lowest BCUT2D eigenvalue weighted by atomic mass is 10.0. The second kappa shape index (κ2) is 33.7. The monoisotopic (exact) mass is 1230 g/mol. The molecule has 0 saturated carbocycles. The van der Waals surface area contributed by atoms with Crippen LogP contribution < -0.4 is 16.0 Å². The van der Waals surface area contributed by atoms with Crippen LogP contribution in [0.1, 0.15) is 171 Å². The Morgan fingerprint density at radius 1 is 0.344 bits per heavy atom. The number of ketones is 3. The van der Waals surface area contributed by atoms with E-state index in [-0.39, 0.29) is 35.1 Å². The summed E-state index contributed by atoms with van der Waals surface area (Å²) in [5.41, 5.74) is 16.7. The molecular weight excluding hydrogens is 1140 g/mol. The number of fused-ring (bicyclic) bond motifs is 6. The molecule has 0 aliphatic carbocycles. The Hall–Kier alpha value is -8.06. The molecule has 0 radical (unpaired) electrons. The van der Waals surface area contributed by atoms with Gasteiger partial charge in [0.2, 0.25) is 0 Å². The summed E-state index contributed by atoms with van der Waals surface area (Å²) in [6.07, 6.45) is 13.8. The molecule has 3 amide bonds. The number of hydrogen-bond donors (Lipinski definition) is 3. The molecule has 90 heavy (non-hydrogen) atoms. The maximum Gasteiger partial charge on any atom is 0.271 e. The maximum absolute atomic E-state index is 11.5. The summed E-state index contributed by atoms with van der Waals surface area (Å²) in [5, 5.41) is 7.74. The minimum Gasteiger partial charge on any atom is -0.355 e. The summed E-state index contributed by atoms with van der Waals surface area (Å²) in [6, 6.07) is 11.7. The number of Topliss-reactive ketones (excluding diaryl/α,β-unsaturated/α-hetero) is 3. The van der Waals surface area contributed by atoms with Gasteiger partial charge in [-0.2, -0.15) is 0 Å². The highest BCUT2D eigenvalue weighted by Gasteiger charge is 2.23. The highest BCUT2D eigenvalue weighted by molar-refractivity contribution is 5.96. The second-order valence-corrected chi connectivity index (χ2v) is 23.6. The third-order valence-electron chi connectivity index (χ3n) is 16.4. The van der Waals surface area contributed by atoms with E-state index in [1.165, 1.54) is 28.5 Å². The third kappa shape index (κ3) is 19.5. The summed E-state index contributed by atoms with van der Waals surface area (Å²) in [6.45, 7) is 17.0. The Kier molecular flexibility index (Phi) is 26.0. The molecule has 23 heteroatoms. The molecule has 6 aromatic rings. The SMILES string of the molecule is CCC(=O)c1ccc2c(n1)CN(C)CC2.CCC(=O)c1cnc2c(c1)CN(C)CC2.CCC(=O)c1cnc2c(n1)CN(C)CC2.CNC(=O)c1ccc2c(n1)CCN(C)C2.CNC(=O)c1cnc2c(c1)CCN(C)C2.CNC(=O)c1cnc2c(n1)CCN(C)C2. The maximum atomic E-state index is 11.5. The quantitative estimate of drug-likeness (QED) is 0.160. The van der Waals surface area contributed by atoms with Gasteiger partial charge in [0, 0.05) is 174 Å². The fourth-order valence-electron chi connectivity index (χ4n) is 10.8. The van der Waals surface area contributed by atoms with Crippen molar-refractivity contribution in [1.82, 2.24) is 85.2 Å². The molecule has 0 bridgehead atoms. The number of nitrogens with one attached hydrogen (secondary N) is 3. The molecule has 6 aliphatic heterocycles. The smallest absolute Gasteiger partial charge is 0.271 e. The summed E-state index contributed by atoms with van der Waals surface area (Å²) in [5.74, 6) is 0.0215. The van der Waals surface area contributed by atoms with Crippen molar-refractivity contribution in [2.45, 2.75) is 118 Å². The summed E-state index contributed by atoms with van der Waals surface area (Å²) in [4.78, 5) is 117. The van der Waals surface area contributed by atoms with E-state index in [4.69, 9.17) is 0 Å². The molecule has 23 nitrogen and oxygen atoms in total. The number of nitrogens with zero attached hydrogens (tertiary/aromatic N) is 14. The lowest BCUT2D eigenvalue weighted by molar-refractivity contribution is 0.0949. The average Bonchev–Trinajstić information content (AvgIpc) is 1.33. The van der Waals surface area contributed by atoms with Gasteiger partial charge in [-0.15, -0.1) is 0 Å². The van der Waals surface area contributed by atoms with Crippen LogP contribution in [0.2, 0.25) is 0 Å². The molecule has 0 saturated heterocycles. The number of carbonyl (C=O) groups excluding carboxylic acids is 6. The number of amides is 3. The first kappa shape index (κ1) is 69.4. The van der Waals surface area contributed by atoms with Gasteiger partial charge in [-0.3, -0.25) is 48.7 Å². The molecule has 0 fully saturated rings. The van der Waals surface area contributed by atoms with E-state index in [0.29, 0.717) is 47.6 Å². The van der Waals surface area contributed by atoms with Crippen molar-refractivity contribution in [3.8, 4) is 0 Å². The molecule has 12 rings (SSSR count). The topological polar surface area (TPSA) is 261 Å². The average molecular weight is 1230 g/mol. The third-order valence-corrected chi connectivity index (χ3v) is 16.4. The summed E-state index contributed by atoms with van der Waals surface area (Å²) in [7, 11) is 17.3. The second-order valence-electron chi connectivity index (χ2n) is 23.6. The fourth-order valence-corrected chi connectivity index (χ4v) is 10.8. The highest BCUT2D eigenvalue weighted by atomic mass is 16.2. The molecule has 0 spiro atoms. The molecule has 6 aliphatic rings. The molecule has 0 aromatic carbocycles. The van der Waals surface area contributed by atoms with Crippen LogP contribution in [-0.4, -0.2) is 207 Å². The Morgan fingerprint density at radius 2 is 0.756 bits per heavy atom. The number of pyridine rings is 4. The fraction of sp³-hybridized carbons (Fsp3) is 0.493. The molecular formula is C67H91N17O6. The van der Waals surface area contributed by atoms with E-state index in [1.807, 2.05) is 45.0 Å². The first-order chi connectivity index (χ1) is 43.2. The molecule has 12 heterocycles. The van der Waals surface area contributed by atoms with Crippen LogP contribution in [0.4, 0.5) is 0 Å². The van der Waals surface area contributed by atoms with Crippen molar-refractivity contribution >= 4 is 35.1 Å². The Labute approximate surface area is 530 Å². The van der Waals surface area contributed by atoms with Crippen LogP contribution in [0, 0.1) is 0 Å². The molecule has 6 aromatic heterocycles. The first-order valence-corrected chi connectivity index (χ1v) is 31.2. The Morgan fingerprint density at radius 3 is 1.40 bits per heavy atom. The number of hydrogen-bond acceptors (Lipinski definition) is 20. The largest absolute Gasteiger partial charge is 0.355 e. The molecule has 0 unspecified atom stereocenters. The number of aromatic nitrogens is 8. The number of carbonyl (C=O) groups is 6. The zero-order chi connectivity index (χ0) is 65.0. The van der Waals surface area contributed by atoms with E-state index in [0.717, 1.165) is 168 Å².